The van der Waals surface area contributed by atoms with Crippen LogP contribution in [-0.2, 0) is 0 Å². The van der Waals surface area contributed by atoms with Crippen LogP contribution in [0.3, 0.4) is 0 Å². The van der Waals surface area contributed by atoms with Gasteiger partial charge in [0.1, 0.15) is 0 Å². The zero-order chi connectivity index (χ0) is 11.2. The van der Waals surface area contributed by atoms with Gasteiger partial charge in [-0.25, -0.2) is 0 Å². The largest absolute Gasteiger partial charge is 0.504 e. The molecule has 2 aromatic carbocycles. The van der Waals surface area contributed by atoms with Gasteiger partial charge in [0.15, 0.2) is 11.5 Å². The summed E-state index contributed by atoms with van der Waals surface area (Å²) in [5.41, 5.74) is 1.94. The Kier molecular flexibility index (Phi) is 2.24. The van der Waals surface area contributed by atoms with E-state index in [-0.39, 0.29) is 16.5 Å². The Morgan fingerprint density at radius 2 is 1.60 bits per heavy atom. The molecule has 0 unspecified atom stereocenters. The maximum Gasteiger partial charge on any atom is 0.177 e. The molecule has 0 aromatic heterocycles. The zero-order valence-electron chi connectivity index (χ0n) is 8.50. The quantitative estimate of drug-likeness (QED) is 0.670. The van der Waals surface area contributed by atoms with Gasteiger partial charge < -0.3 is 10.2 Å². The number of hydrogen-bond acceptors (Lipinski definition) is 2. The number of benzene rings is 2. The molecule has 2 nitrogen and oxygen atoms in total. The molecular formula is C12H11ClO2. The number of fused-ring (bicyclic) bond motifs is 1. The van der Waals surface area contributed by atoms with Crippen molar-refractivity contribution in [2.45, 2.75) is 13.8 Å². The Hall–Kier alpha value is -1.41. The van der Waals surface area contributed by atoms with Crippen molar-refractivity contribution in [3.8, 4) is 11.5 Å². The Morgan fingerprint density at radius 1 is 1.00 bits per heavy atom. The number of aryl methyl sites for hydroxylation is 2. The van der Waals surface area contributed by atoms with E-state index in [0.29, 0.717) is 5.39 Å². The van der Waals surface area contributed by atoms with Crippen LogP contribution in [0.1, 0.15) is 11.1 Å². The summed E-state index contributed by atoms with van der Waals surface area (Å²) in [6.07, 6.45) is 0. The normalized spacial score (nSPS) is 10.9. The molecule has 3 heteroatoms. The Bertz CT molecular complexity index is 547. The maximum absolute atomic E-state index is 9.81. The summed E-state index contributed by atoms with van der Waals surface area (Å²) in [5.74, 6) is -0.392. The maximum atomic E-state index is 9.81. The van der Waals surface area contributed by atoms with Gasteiger partial charge >= 0.3 is 0 Å². The highest BCUT2D eigenvalue weighted by molar-refractivity contribution is 6.33. The molecule has 0 aliphatic rings. The van der Waals surface area contributed by atoms with Crippen LogP contribution in [-0.4, -0.2) is 10.2 Å². The Balaban J connectivity index is 3.04. The fourth-order valence-electron chi connectivity index (χ4n) is 1.76. The average Bonchev–Trinajstić information content (AvgIpc) is 2.20. The monoisotopic (exact) mass is 222 g/mol. The lowest BCUT2D eigenvalue weighted by Crippen LogP contribution is -1.85. The molecule has 2 rings (SSSR count). The molecule has 0 saturated carbocycles. The van der Waals surface area contributed by atoms with Crippen molar-refractivity contribution < 1.29 is 10.2 Å². The molecule has 2 N–H and O–H groups in total. The van der Waals surface area contributed by atoms with Crippen molar-refractivity contribution in [2.75, 3.05) is 0 Å². The zero-order valence-corrected chi connectivity index (χ0v) is 9.26. The summed E-state index contributed by atoms with van der Waals surface area (Å²) >= 11 is 5.81. The molecule has 0 atom stereocenters. The van der Waals surface area contributed by atoms with Gasteiger partial charge in [0.05, 0.1) is 5.02 Å². The fourth-order valence-corrected chi connectivity index (χ4v) is 1.96. The standard InChI is InChI=1S/C12H11ClO2/c1-6-3-4-7(2)10-8(6)5-9(13)11(14)12(10)15/h3-5,14-15H,1-2H3. The van der Waals surface area contributed by atoms with Crippen LogP contribution in [0.15, 0.2) is 18.2 Å². The number of phenolic OH excluding ortho intramolecular Hbond substituents is 2. The minimum Gasteiger partial charge on any atom is -0.504 e. The second-order valence-corrected chi connectivity index (χ2v) is 4.08. The summed E-state index contributed by atoms with van der Waals surface area (Å²) in [6.45, 7) is 3.82. The Labute approximate surface area is 92.7 Å². The van der Waals surface area contributed by atoms with Crippen LogP contribution in [0.5, 0.6) is 11.5 Å². The van der Waals surface area contributed by atoms with E-state index in [1.54, 1.807) is 6.07 Å². The van der Waals surface area contributed by atoms with E-state index in [2.05, 4.69) is 0 Å². The molecule has 0 spiro atoms. The van der Waals surface area contributed by atoms with Crippen LogP contribution < -0.4 is 0 Å². The first-order chi connectivity index (χ1) is 7.02. The smallest absolute Gasteiger partial charge is 0.177 e. The predicted molar refractivity (Wildman–Crippen MR) is 61.8 cm³/mol. The van der Waals surface area contributed by atoms with E-state index in [9.17, 15) is 10.2 Å². The van der Waals surface area contributed by atoms with Gasteiger partial charge in [0.2, 0.25) is 0 Å². The molecule has 0 saturated heterocycles. The minimum absolute atomic E-state index is 0.140. The topological polar surface area (TPSA) is 40.5 Å². The van der Waals surface area contributed by atoms with Gasteiger partial charge in [-0.2, -0.15) is 0 Å². The first-order valence-corrected chi connectivity index (χ1v) is 5.00. The molecule has 0 heterocycles. The molecule has 15 heavy (non-hydrogen) atoms. The molecule has 0 fully saturated rings. The predicted octanol–water partition coefficient (Wildman–Crippen LogP) is 3.52. The molecule has 78 valence electrons. The van der Waals surface area contributed by atoms with E-state index in [1.807, 2.05) is 26.0 Å². The third-order valence-corrected chi connectivity index (χ3v) is 2.92. The van der Waals surface area contributed by atoms with E-state index in [4.69, 9.17) is 11.6 Å². The number of halogens is 1. The van der Waals surface area contributed by atoms with Crippen molar-refractivity contribution in [2.24, 2.45) is 0 Å². The van der Waals surface area contributed by atoms with Crippen molar-refractivity contribution in [3.63, 3.8) is 0 Å². The van der Waals surface area contributed by atoms with Gasteiger partial charge in [-0.15, -0.1) is 0 Å². The van der Waals surface area contributed by atoms with Crippen LogP contribution in [0.2, 0.25) is 5.02 Å². The van der Waals surface area contributed by atoms with Crippen LogP contribution in [0.25, 0.3) is 10.8 Å². The van der Waals surface area contributed by atoms with Crippen molar-refractivity contribution >= 4 is 22.4 Å². The highest BCUT2D eigenvalue weighted by Gasteiger charge is 2.13. The number of phenols is 2. The Morgan fingerprint density at radius 3 is 2.27 bits per heavy atom. The highest BCUT2D eigenvalue weighted by atomic mass is 35.5. The minimum atomic E-state index is -0.252. The van der Waals surface area contributed by atoms with E-state index in [1.165, 1.54) is 0 Å². The van der Waals surface area contributed by atoms with Gasteiger partial charge in [0, 0.05) is 5.39 Å². The van der Waals surface area contributed by atoms with Crippen LogP contribution in [0.4, 0.5) is 0 Å². The first-order valence-electron chi connectivity index (χ1n) is 4.62. The number of aromatic hydroxyl groups is 2. The molecule has 0 amide bonds. The lowest BCUT2D eigenvalue weighted by atomic mass is 10.00. The molecule has 0 radical (unpaired) electrons. The van der Waals surface area contributed by atoms with Gasteiger partial charge in [-0.05, 0) is 36.4 Å². The molecule has 0 aliphatic heterocycles. The van der Waals surface area contributed by atoms with Gasteiger partial charge in [-0.1, -0.05) is 23.7 Å². The van der Waals surface area contributed by atoms with Crippen molar-refractivity contribution in [1.29, 1.82) is 0 Å². The van der Waals surface area contributed by atoms with Gasteiger partial charge in [0.25, 0.3) is 0 Å². The lowest BCUT2D eigenvalue weighted by molar-refractivity contribution is 0.408. The van der Waals surface area contributed by atoms with Crippen molar-refractivity contribution in [3.05, 3.63) is 34.3 Å². The van der Waals surface area contributed by atoms with Crippen LogP contribution >= 0.6 is 11.6 Å². The second-order valence-electron chi connectivity index (χ2n) is 3.68. The third kappa shape index (κ3) is 1.41. The van der Waals surface area contributed by atoms with E-state index in [0.717, 1.165) is 16.5 Å². The molecule has 0 aliphatic carbocycles. The molecule has 2 aromatic rings. The lowest BCUT2D eigenvalue weighted by Gasteiger charge is -2.10. The summed E-state index contributed by atoms with van der Waals surface area (Å²) in [7, 11) is 0. The second kappa shape index (κ2) is 3.31. The van der Waals surface area contributed by atoms with Crippen LogP contribution in [0, 0.1) is 13.8 Å². The van der Waals surface area contributed by atoms with E-state index >= 15 is 0 Å². The fraction of sp³-hybridized carbons (Fsp3) is 0.167. The average molecular weight is 223 g/mol. The first kappa shape index (κ1) is 10.1. The highest BCUT2D eigenvalue weighted by Crippen LogP contribution is 2.42. The number of hydrogen-bond donors (Lipinski definition) is 2. The molecule has 0 bridgehead atoms. The third-order valence-electron chi connectivity index (χ3n) is 2.63. The SMILES string of the molecule is Cc1ccc(C)c2c(O)c(O)c(Cl)cc12. The molecular weight excluding hydrogens is 212 g/mol. The summed E-state index contributed by atoms with van der Waals surface area (Å²) in [4.78, 5) is 0. The van der Waals surface area contributed by atoms with E-state index < -0.39 is 0 Å². The van der Waals surface area contributed by atoms with Gasteiger partial charge in [-0.3, -0.25) is 0 Å². The summed E-state index contributed by atoms with van der Waals surface area (Å²) in [6, 6.07) is 5.55. The van der Waals surface area contributed by atoms with Crippen molar-refractivity contribution in [1.82, 2.24) is 0 Å². The summed E-state index contributed by atoms with van der Waals surface area (Å²) < 4.78 is 0. The summed E-state index contributed by atoms with van der Waals surface area (Å²) in [5, 5.41) is 21.1. The number of rotatable bonds is 0.